The first-order chi connectivity index (χ1) is 16.7. The highest BCUT2D eigenvalue weighted by molar-refractivity contribution is 7.89. The second-order valence-corrected chi connectivity index (χ2v) is 28.6. The number of rotatable bonds is 12. The van der Waals surface area contributed by atoms with Gasteiger partial charge in [-0.05, 0) is 24.1 Å². The standard InChI is InChI=1S/C25H46N2O6S2Si2/c1-25(23(24(28)29)19-22-11-9-8-10-12-22)20-26(34(30,31)15-17-36(2,3)4)13-14-27(21-25)35(32,33)16-18-37(5,6)7/h8-12,23H,13-21H2,1-7H3,(H,28,29). The van der Waals surface area contributed by atoms with Crippen LogP contribution in [-0.4, -0.2) is 90.4 Å². The van der Waals surface area contributed by atoms with Gasteiger partial charge in [-0.2, -0.15) is 8.61 Å². The molecule has 37 heavy (non-hydrogen) atoms. The molecule has 0 amide bonds. The number of nitrogens with zero attached hydrogens (tertiary/aromatic N) is 2. The Bertz CT molecular complexity index is 1070. The molecule has 2 rings (SSSR count). The van der Waals surface area contributed by atoms with Crippen LogP contribution in [0.2, 0.25) is 51.4 Å². The largest absolute Gasteiger partial charge is 0.481 e. The Morgan fingerprint density at radius 2 is 1.27 bits per heavy atom. The first kappa shape index (κ1) is 32.2. The molecule has 8 nitrogen and oxygen atoms in total. The number of benzene rings is 1. The predicted molar refractivity (Wildman–Crippen MR) is 156 cm³/mol. The fourth-order valence-corrected chi connectivity index (χ4v) is 13.7. The number of aliphatic carboxylic acids is 1. The molecule has 0 saturated carbocycles. The lowest BCUT2D eigenvalue weighted by atomic mass is 9.73. The topological polar surface area (TPSA) is 112 Å². The van der Waals surface area contributed by atoms with Crippen LogP contribution >= 0.6 is 0 Å². The highest BCUT2D eigenvalue weighted by Crippen LogP contribution is 2.37. The molecule has 212 valence electrons. The van der Waals surface area contributed by atoms with Crippen molar-refractivity contribution in [3.05, 3.63) is 35.9 Å². The predicted octanol–water partition coefficient (Wildman–Crippen LogP) is 3.89. The van der Waals surface area contributed by atoms with Crippen molar-refractivity contribution < 1.29 is 26.7 Å². The second kappa shape index (κ2) is 12.0. The number of hydrogen-bond donors (Lipinski definition) is 1. The van der Waals surface area contributed by atoms with Gasteiger partial charge in [-0.3, -0.25) is 4.79 Å². The SMILES string of the molecule is CC1(C(Cc2ccccc2)C(=O)O)CN(S(=O)(=O)CC[Si](C)(C)C)CCN(S(=O)(=O)CC[Si](C)(C)C)C1. The third-order valence-electron chi connectivity index (χ3n) is 7.10. The van der Waals surface area contributed by atoms with Gasteiger partial charge in [0.05, 0.1) is 17.4 Å². The highest BCUT2D eigenvalue weighted by Gasteiger charge is 2.47. The monoisotopic (exact) mass is 590 g/mol. The molecule has 0 spiro atoms. The summed E-state index contributed by atoms with van der Waals surface area (Å²) in [4.78, 5) is 12.6. The van der Waals surface area contributed by atoms with E-state index in [2.05, 4.69) is 39.3 Å². The Hall–Kier alpha value is -1.06. The van der Waals surface area contributed by atoms with Gasteiger partial charge < -0.3 is 5.11 Å². The van der Waals surface area contributed by atoms with Crippen molar-refractivity contribution in [2.24, 2.45) is 11.3 Å². The molecule has 1 unspecified atom stereocenters. The van der Waals surface area contributed by atoms with Gasteiger partial charge in [0.1, 0.15) is 0 Å². The maximum atomic E-state index is 13.5. The Morgan fingerprint density at radius 3 is 1.62 bits per heavy atom. The number of carboxylic acid groups (broad SMARTS) is 1. The molecular weight excluding hydrogens is 545 g/mol. The zero-order valence-electron chi connectivity index (χ0n) is 23.5. The van der Waals surface area contributed by atoms with Crippen molar-refractivity contribution in [3.8, 4) is 0 Å². The molecule has 0 aromatic heterocycles. The van der Waals surface area contributed by atoms with Crippen molar-refractivity contribution >= 4 is 42.2 Å². The minimum atomic E-state index is -3.69. The summed E-state index contributed by atoms with van der Waals surface area (Å²) in [5.74, 6) is -2.01. The molecule has 0 aliphatic carbocycles. The first-order valence-electron chi connectivity index (χ1n) is 13.0. The minimum Gasteiger partial charge on any atom is -0.481 e. The second-order valence-electron chi connectivity index (χ2n) is 13.2. The maximum absolute atomic E-state index is 13.5. The Morgan fingerprint density at radius 1 is 0.865 bits per heavy atom. The molecule has 1 aliphatic rings. The van der Waals surface area contributed by atoms with Crippen molar-refractivity contribution in [3.63, 3.8) is 0 Å². The van der Waals surface area contributed by atoms with Gasteiger partial charge >= 0.3 is 5.97 Å². The molecule has 1 heterocycles. The molecule has 1 fully saturated rings. The van der Waals surface area contributed by atoms with Crippen molar-refractivity contribution in [1.82, 2.24) is 8.61 Å². The molecule has 1 N–H and O–H groups in total. The number of carboxylic acids is 1. The van der Waals surface area contributed by atoms with Crippen LogP contribution in [0.4, 0.5) is 0 Å². The summed E-state index contributed by atoms with van der Waals surface area (Å²) in [6, 6.07) is 10.4. The first-order valence-corrected chi connectivity index (χ1v) is 23.6. The Balaban J connectivity index is 2.49. The van der Waals surface area contributed by atoms with Gasteiger partial charge in [0, 0.05) is 47.7 Å². The third kappa shape index (κ3) is 9.88. The average Bonchev–Trinajstić information content (AvgIpc) is 2.95. The van der Waals surface area contributed by atoms with Crippen LogP contribution in [0.25, 0.3) is 0 Å². The highest BCUT2D eigenvalue weighted by atomic mass is 32.2. The van der Waals surface area contributed by atoms with Gasteiger partial charge in [-0.15, -0.1) is 0 Å². The summed E-state index contributed by atoms with van der Waals surface area (Å²) in [6.07, 6.45) is 0.193. The van der Waals surface area contributed by atoms with E-state index < -0.39 is 53.5 Å². The normalized spacial score (nSPS) is 19.3. The lowest BCUT2D eigenvalue weighted by Crippen LogP contribution is -2.50. The smallest absolute Gasteiger partial charge is 0.307 e. The number of sulfonamides is 2. The van der Waals surface area contributed by atoms with Gasteiger partial charge in [-0.1, -0.05) is 76.5 Å². The van der Waals surface area contributed by atoms with E-state index >= 15 is 0 Å². The Labute approximate surface area is 226 Å². The van der Waals surface area contributed by atoms with Crippen molar-refractivity contribution in [2.75, 3.05) is 37.7 Å². The summed E-state index contributed by atoms with van der Waals surface area (Å²) < 4.78 is 56.6. The zero-order chi connectivity index (χ0) is 28.3. The van der Waals surface area contributed by atoms with Gasteiger partial charge in [0.25, 0.3) is 0 Å². The maximum Gasteiger partial charge on any atom is 0.307 e. The molecule has 1 aliphatic heterocycles. The van der Waals surface area contributed by atoms with Gasteiger partial charge in [0.2, 0.25) is 20.0 Å². The van der Waals surface area contributed by atoms with E-state index in [4.69, 9.17) is 0 Å². The van der Waals surface area contributed by atoms with E-state index in [1.165, 1.54) is 8.61 Å². The summed E-state index contributed by atoms with van der Waals surface area (Å²) in [6.45, 7) is 14.4. The van der Waals surface area contributed by atoms with Crippen molar-refractivity contribution in [2.45, 2.75) is 64.7 Å². The van der Waals surface area contributed by atoms with Crippen molar-refractivity contribution in [1.29, 1.82) is 0 Å². The van der Waals surface area contributed by atoms with Crippen LogP contribution in [0.5, 0.6) is 0 Å². The summed E-state index contributed by atoms with van der Waals surface area (Å²) in [5.41, 5.74) is -0.293. The van der Waals surface area contributed by atoms with E-state index in [9.17, 15) is 26.7 Å². The van der Waals surface area contributed by atoms with Gasteiger partial charge in [0.15, 0.2) is 0 Å². The van der Waals surface area contributed by atoms with Crippen LogP contribution < -0.4 is 0 Å². The zero-order valence-corrected chi connectivity index (χ0v) is 27.2. The lowest BCUT2D eigenvalue weighted by Gasteiger charge is -2.39. The van der Waals surface area contributed by atoms with E-state index in [0.29, 0.717) is 12.1 Å². The van der Waals surface area contributed by atoms with Crippen LogP contribution in [0.3, 0.4) is 0 Å². The van der Waals surface area contributed by atoms with E-state index in [1.54, 1.807) is 6.92 Å². The van der Waals surface area contributed by atoms with Crippen LogP contribution in [0.15, 0.2) is 30.3 Å². The lowest BCUT2D eigenvalue weighted by molar-refractivity contribution is -0.146. The minimum absolute atomic E-state index is 0.00238. The fourth-order valence-electron chi connectivity index (χ4n) is 4.54. The summed E-state index contributed by atoms with van der Waals surface area (Å²) in [5, 5.41) is 10.3. The molecule has 0 bridgehead atoms. The van der Waals surface area contributed by atoms with Gasteiger partial charge in [-0.25, -0.2) is 16.8 Å². The van der Waals surface area contributed by atoms with E-state index in [1.807, 2.05) is 30.3 Å². The van der Waals surface area contributed by atoms with Crippen LogP contribution in [-0.2, 0) is 31.3 Å². The van der Waals surface area contributed by atoms with E-state index in [0.717, 1.165) is 5.56 Å². The number of hydrogen-bond acceptors (Lipinski definition) is 5. The van der Waals surface area contributed by atoms with Crippen LogP contribution in [0.1, 0.15) is 12.5 Å². The third-order valence-corrected chi connectivity index (χ3v) is 15.0. The van der Waals surface area contributed by atoms with Crippen LogP contribution in [0, 0.1) is 11.3 Å². The van der Waals surface area contributed by atoms with E-state index in [-0.39, 0.29) is 44.1 Å². The molecule has 1 aromatic rings. The fraction of sp³-hybridized carbons (Fsp3) is 0.720. The molecular formula is C25H46N2O6S2Si2. The molecule has 0 radical (unpaired) electrons. The Kier molecular flexibility index (Phi) is 10.4. The number of carbonyl (C=O) groups is 1. The molecule has 1 atom stereocenters. The summed E-state index contributed by atoms with van der Waals surface area (Å²) in [7, 11) is -10.7. The average molecular weight is 591 g/mol. The molecule has 1 saturated heterocycles. The summed E-state index contributed by atoms with van der Waals surface area (Å²) >= 11 is 0. The quantitative estimate of drug-likeness (QED) is 0.370. The molecule has 1 aromatic carbocycles. The molecule has 12 heteroatoms.